The van der Waals surface area contributed by atoms with Crippen LogP contribution >= 0.6 is 0 Å². The lowest BCUT2D eigenvalue weighted by Gasteiger charge is -2.26. The molecule has 2 rings (SSSR count). The van der Waals surface area contributed by atoms with Gasteiger partial charge in [-0.15, -0.1) is 0 Å². The Morgan fingerprint density at radius 2 is 2.07 bits per heavy atom. The number of aliphatic hydroxyl groups is 1. The van der Waals surface area contributed by atoms with Crippen molar-refractivity contribution in [2.75, 3.05) is 11.1 Å². The molecule has 1 heterocycles. The fraction of sp³-hybridized carbons (Fsp3) is 0.600. The molecular formula is C10H16N4O. The number of hydrogen-bond acceptors (Lipinski definition) is 5. The lowest BCUT2D eigenvalue weighted by molar-refractivity contribution is 0.126. The molecule has 0 atom stereocenters. The van der Waals surface area contributed by atoms with Gasteiger partial charge in [0.05, 0.1) is 6.10 Å². The highest BCUT2D eigenvalue weighted by Crippen LogP contribution is 2.20. The van der Waals surface area contributed by atoms with E-state index in [0.29, 0.717) is 17.8 Å². The molecule has 0 aliphatic heterocycles. The normalized spacial score (nSPS) is 26.2. The van der Waals surface area contributed by atoms with Gasteiger partial charge in [0, 0.05) is 12.2 Å². The molecule has 0 aromatic carbocycles. The van der Waals surface area contributed by atoms with E-state index in [0.717, 1.165) is 25.7 Å². The Morgan fingerprint density at radius 3 is 2.73 bits per heavy atom. The highest BCUT2D eigenvalue weighted by molar-refractivity contribution is 5.35. The van der Waals surface area contributed by atoms with Gasteiger partial charge in [0.1, 0.15) is 5.82 Å². The average molecular weight is 208 g/mol. The van der Waals surface area contributed by atoms with Crippen molar-refractivity contribution in [2.45, 2.75) is 37.8 Å². The minimum absolute atomic E-state index is 0.134. The van der Waals surface area contributed by atoms with Crippen molar-refractivity contribution >= 4 is 11.8 Å². The largest absolute Gasteiger partial charge is 0.393 e. The van der Waals surface area contributed by atoms with Gasteiger partial charge in [0.2, 0.25) is 5.95 Å². The number of nitrogen functional groups attached to an aromatic ring is 1. The van der Waals surface area contributed by atoms with E-state index in [2.05, 4.69) is 15.3 Å². The number of rotatable bonds is 2. The molecule has 5 nitrogen and oxygen atoms in total. The van der Waals surface area contributed by atoms with Crippen molar-refractivity contribution in [3.63, 3.8) is 0 Å². The van der Waals surface area contributed by atoms with E-state index in [4.69, 9.17) is 5.73 Å². The van der Waals surface area contributed by atoms with Crippen molar-refractivity contribution < 1.29 is 5.11 Å². The fourth-order valence-electron chi connectivity index (χ4n) is 1.84. The SMILES string of the molecule is Nc1ccnc(NC2CCC(O)CC2)n1. The van der Waals surface area contributed by atoms with Gasteiger partial charge in [0.15, 0.2) is 0 Å². The van der Waals surface area contributed by atoms with Crippen LogP contribution in [0.4, 0.5) is 11.8 Å². The second-order valence-corrected chi connectivity index (χ2v) is 3.95. The Morgan fingerprint density at radius 1 is 1.33 bits per heavy atom. The summed E-state index contributed by atoms with van der Waals surface area (Å²) in [4.78, 5) is 8.17. The summed E-state index contributed by atoms with van der Waals surface area (Å²) < 4.78 is 0. The first kappa shape index (κ1) is 10.2. The predicted octanol–water partition coefficient (Wildman–Crippen LogP) is 0.774. The van der Waals surface area contributed by atoms with Gasteiger partial charge in [-0.1, -0.05) is 0 Å². The molecule has 1 aromatic heterocycles. The second kappa shape index (κ2) is 4.44. The zero-order valence-electron chi connectivity index (χ0n) is 8.56. The fourth-order valence-corrected chi connectivity index (χ4v) is 1.84. The molecule has 1 aliphatic rings. The van der Waals surface area contributed by atoms with Gasteiger partial charge in [-0.05, 0) is 31.7 Å². The summed E-state index contributed by atoms with van der Waals surface area (Å²) in [7, 11) is 0. The summed E-state index contributed by atoms with van der Waals surface area (Å²) in [5, 5.41) is 12.6. The number of nitrogens with one attached hydrogen (secondary N) is 1. The third kappa shape index (κ3) is 2.79. The maximum Gasteiger partial charge on any atom is 0.224 e. The number of hydrogen-bond donors (Lipinski definition) is 3. The molecule has 1 fully saturated rings. The standard InChI is InChI=1S/C10H16N4O/c11-9-5-6-12-10(14-9)13-7-1-3-8(15)4-2-7/h5-8,15H,1-4H2,(H3,11,12,13,14). The van der Waals surface area contributed by atoms with Gasteiger partial charge in [0.25, 0.3) is 0 Å². The van der Waals surface area contributed by atoms with Crippen molar-refractivity contribution in [1.29, 1.82) is 0 Å². The number of nitrogens with two attached hydrogens (primary N) is 1. The zero-order chi connectivity index (χ0) is 10.7. The second-order valence-electron chi connectivity index (χ2n) is 3.95. The molecule has 0 spiro atoms. The van der Waals surface area contributed by atoms with Gasteiger partial charge >= 0.3 is 0 Å². The molecule has 0 saturated heterocycles. The van der Waals surface area contributed by atoms with Crippen LogP contribution in [0, 0.1) is 0 Å². The van der Waals surface area contributed by atoms with Crippen LogP contribution in [-0.2, 0) is 0 Å². The number of anilines is 2. The van der Waals surface area contributed by atoms with Gasteiger partial charge in [-0.2, -0.15) is 4.98 Å². The van der Waals surface area contributed by atoms with Crippen LogP contribution in [0.25, 0.3) is 0 Å². The van der Waals surface area contributed by atoms with E-state index in [9.17, 15) is 5.11 Å². The van der Waals surface area contributed by atoms with Crippen molar-refractivity contribution in [1.82, 2.24) is 9.97 Å². The summed E-state index contributed by atoms with van der Waals surface area (Å²) in [6.07, 6.45) is 5.12. The van der Waals surface area contributed by atoms with E-state index in [1.54, 1.807) is 12.3 Å². The molecule has 4 N–H and O–H groups in total. The Bertz CT molecular complexity index is 323. The predicted molar refractivity (Wildman–Crippen MR) is 58.3 cm³/mol. The third-order valence-corrected chi connectivity index (χ3v) is 2.71. The highest BCUT2D eigenvalue weighted by atomic mass is 16.3. The first-order valence-electron chi connectivity index (χ1n) is 5.27. The minimum Gasteiger partial charge on any atom is -0.393 e. The average Bonchev–Trinajstić information content (AvgIpc) is 2.22. The van der Waals surface area contributed by atoms with Crippen molar-refractivity contribution in [3.8, 4) is 0 Å². The summed E-state index contributed by atoms with van der Waals surface area (Å²) in [6, 6.07) is 2.02. The highest BCUT2D eigenvalue weighted by Gasteiger charge is 2.19. The van der Waals surface area contributed by atoms with Crippen molar-refractivity contribution in [2.24, 2.45) is 0 Å². The Hall–Kier alpha value is -1.36. The molecule has 82 valence electrons. The van der Waals surface area contributed by atoms with Crippen LogP contribution in [-0.4, -0.2) is 27.2 Å². The number of nitrogens with zero attached hydrogens (tertiary/aromatic N) is 2. The molecule has 1 saturated carbocycles. The van der Waals surface area contributed by atoms with Crippen molar-refractivity contribution in [3.05, 3.63) is 12.3 Å². The molecule has 5 heteroatoms. The smallest absolute Gasteiger partial charge is 0.224 e. The molecular weight excluding hydrogens is 192 g/mol. The van der Waals surface area contributed by atoms with E-state index >= 15 is 0 Å². The molecule has 1 aromatic rings. The molecule has 0 bridgehead atoms. The van der Waals surface area contributed by atoms with E-state index in [1.165, 1.54) is 0 Å². The summed E-state index contributed by atoms with van der Waals surface area (Å²) in [5.41, 5.74) is 5.55. The molecule has 0 amide bonds. The lowest BCUT2D eigenvalue weighted by atomic mass is 9.93. The van der Waals surface area contributed by atoms with Crippen LogP contribution < -0.4 is 11.1 Å². The van der Waals surface area contributed by atoms with Crippen LogP contribution in [0.15, 0.2) is 12.3 Å². The molecule has 0 unspecified atom stereocenters. The maximum atomic E-state index is 9.36. The molecule has 1 aliphatic carbocycles. The summed E-state index contributed by atoms with van der Waals surface area (Å²) in [6.45, 7) is 0. The van der Waals surface area contributed by atoms with Gasteiger partial charge in [-0.25, -0.2) is 4.98 Å². The first-order valence-corrected chi connectivity index (χ1v) is 5.27. The van der Waals surface area contributed by atoms with Crippen LogP contribution in [0.3, 0.4) is 0 Å². The maximum absolute atomic E-state index is 9.36. The summed E-state index contributed by atoms with van der Waals surface area (Å²) >= 11 is 0. The van der Waals surface area contributed by atoms with E-state index in [-0.39, 0.29) is 6.10 Å². The van der Waals surface area contributed by atoms with Crippen LogP contribution in [0.5, 0.6) is 0 Å². The van der Waals surface area contributed by atoms with E-state index < -0.39 is 0 Å². The Balaban J connectivity index is 1.92. The Labute approximate surface area is 88.7 Å². The minimum atomic E-state index is -0.134. The quantitative estimate of drug-likeness (QED) is 0.668. The third-order valence-electron chi connectivity index (χ3n) is 2.71. The first-order chi connectivity index (χ1) is 7.24. The molecule has 15 heavy (non-hydrogen) atoms. The summed E-state index contributed by atoms with van der Waals surface area (Å²) in [5.74, 6) is 1.06. The number of aliphatic hydroxyl groups excluding tert-OH is 1. The number of aromatic nitrogens is 2. The van der Waals surface area contributed by atoms with Gasteiger partial charge in [-0.3, -0.25) is 0 Å². The monoisotopic (exact) mass is 208 g/mol. The topological polar surface area (TPSA) is 84.1 Å². The Kier molecular flexibility index (Phi) is 3.01. The van der Waals surface area contributed by atoms with Crippen LogP contribution in [0.1, 0.15) is 25.7 Å². The molecule has 0 radical (unpaired) electrons. The lowest BCUT2D eigenvalue weighted by Crippen LogP contribution is -2.28. The van der Waals surface area contributed by atoms with Crippen LogP contribution in [0.2, 0.25) is 0 Å². The zero-order valence-corrected chi connectivity index (χ0v) is 8.56. The van der Waals surface area contributed by atoms with E-state index in [1.807, 2.05) is 0 Å². The van der Waals surface area contributed by atoms with Gasteiger partial charge < -0.3 is 16.2 Å².